The Morgan fingerprint density at radius 1 is 0.472 bits per heavy atom. The van der Waals surface area contributed by atoms with E-state index in [9.17, 15) is 30.3 Å². The summed E-state index contributed by atoms with van der Waals surface area (Å²) in [7, 11) is 0. The van der Waals surface area contributed by atoms with E-state index in [1.54, 1.807) is 6.08 Å². The molecule has 9 heteroatoms. The number of carbonyl (C=O) groups excluding carboxylic acids is 1. The normalized spacial score (nSPS) is 19.6. The molecule has 0 aliphatic carbocycles. The smallest absolute Gasteiger partial charge is 0.220 e. The molecule has 6 N–H and O–H groups in total. The number of rotatable bonds is 52. The summed E-state index contributed by atoms with van der Waals surface area (Å²) in [5.41, 5.74) is 0. The molecule has 72 heavy (non-hydrogen) atoms. The van der Waals surface area contributed by atoms with E-state index in [1.165, 1.54) is 186 Å². The maximum absolute atomic E-state index is 13.0. The van der Waals surface area contributed by atoms with Crippen molar-refractivity contribution < 1.29 is 39.8 Å². The third kappa shape index (κ3) is 41.2. The number of nitrogens with one attached hydrogen (secondary N) is 1. The van der Waals surface area contributed by atoms with Crippen molar-refractivity contribution in [3.05, 3.63) is 60.8 Å². The number of unbranched alkanes of at least 4 members (excludes halogenated alkanes) is 34. The van der Waals surface area contributed by atoms with Crippen LogP contribution in [-0.2, 0) is 14.3 Å². The fourth-order valence-electron chi connectivity index (χ4n) is 9.46. The van der Waals surface area contributed by atoms with E-state index in [0.29, 0.717) is 6.42 Å². The Morgan fingerprint density at radius 2 is 0.833 bits per heavy atom. The summed E-state index contributed by atoms with van der Waals surface area (Å²) in [5.74, 6) is -0.204. The van der Waals surface area contributed by atoms with E-state index in [1.807, 2.05) is 6.08 Å². The molecule has 1 fully saturated rings. The molecule has 7 atom stereocenters. The highest BCUT2D eigenvalue weighted by molar-refractivity contribution is 5.76. The summed E-state index contributed by atoms with van der Waals surface area (Å²) in [5, 5.41) is 54.5. The lowest BCUT2D eigenvalue weighted by molar-refractivity contribution is -0.302. The minimum atomic E-state index is -1.58. The van der Waals surface area contributed by atoms with Gasteiger partial charge in [0.15, 0.2) is 6.29 Å². The molecule has 0 aromatic rings. The molecule has 0 spiro atoms. The van der Waals surface area contributed by atoms with Gasteiger partial charge in [-0.1, -0.05) is 254 Å². The van der Waals surface area contributed by atoms with Crippen LogP contribution in [0.15, 0.2) is 60.8 Å². The van der Waals surface area contributed by atoms with Crippen molar-refractivity contribution in [2.75, 3.05) is 13.2 Å². The van der Waals surface area contributed by atoms with Gasteiger partial charge >= 0.3 is 0 Å². The number of amides is 1. The predicted octanol–water partition coefficient (Wildman–Crippen LogP) is 15.5. The summed E-state index contributed by atoms with van der Waals surface area (Å²) >= 11 is 0. The van der Waals surface area contributed by atoms with Crippen LogP contribution in [0.1, 0.15) is 277 Å². The van der Waals surface area contributed by atoms with E-state index >= 15 is 0 Å². The third-order valence-electron chi connectivity index (χ3n) is 14.3. The first-order valence-electron chi connectivity index (χ1n) is 30.5. The van der Waals surface area contributed by atoms with Gasteiger partial charge in [0.05, 0.1) is 25.4 Å². The number of aliphatic hydroxyl groups is 5. The molecule has 1 rings (SSSR count). The zero-order valence-electron chi connectivity index (χ0n) is 46.7. The highest BCUT2D eigenvalue weighted by Crippen LogP contribution is 2.23. The second-order valence-corrected chi connectivity index (χ2v) is 21.1. The van der Waals surface area contributed by atoms with Crippen LogP contribution in [-0.4, -0.2) is 87.5 Å². The van der Waals surface area contributed by atoms with Crippen molar-refractivity contribution in [3.8, 4) is 0 Å². The predicted molar refractivity (Wildman–Crippen MR) is 304 cm³/mol. The third-order valence-corrected chi connectivity index (χ3v) is 14.3. The maximum Gasteiger partial charge on any atom is 0.220 e. The number of carbonyl (C=O) groups is 1. The van der Waals surface area contributed by atoms with Gasteiger partial charge < -0.3 is 40.3 Å². The van der Waals surface area contributed by atoms with Crippen LogP contribution in [0.25, 0.3) is 0 Å². The topological polar surface area (TPSA) is 149 Å². The molecule has 1 aliphatic heterocycles. The van der Waals surface area contributed by atoms with Gasteiger partial charge in [0.25, 0.3) is 0 Å². The summed E-state index contributed by atoms with van der Waals surface area (Å²) in [6.07, 6.45) is 64.6. The van der Waals surface area contributed by atoms with Crippen LogP contribution >= 0.6 is 0 Å². The van der Waals surface area contributed by atoms with Gasteiger partial charge in [0.2, 0.25) is 5.91 Å². The van der Waals surface area contributed by atoms with Crippen molar-refractivity contribution in [3.63, 3.8) is 0 Å². The van der Waals surface area contributed by atoms with Crippen LogP contribution in [0.4, 0.5) is 0 Å². The molecule has 0 radical (unpaired) electrons. The minimum Gasteiger partial charge on any atom is -0.394 e. The van der Waals surface area contributed by atoms with Gasteiger partial charge in [0.1, 0.15) is 24.4 Å². The number of aliphatic hydroxyl groups excluding tert-OH is 5. The lowest BCUT2D eigenvalue weighted by Gasteiger charge is -2.40. The summed E-state index contributed by atoms with van der Waals surface area (Å²) in [6, 6.07) is -0.838. The Morgan fingerprint density at radius 3 is 1.26 bits per heavy atom. The van der Waals surface area contributed by atoms with Gasteiger partial charge in [-0.25, -0.2) is 0 Å². The van der Waals surface area contributed by atoms with Crippen LogP contribution in [0.3, 0.4) is 0 Å². The monoisotopic (exact) mass is 1010 g/mol. The molecule has 7 unspecified atom stereocenters. The van der Waals surface area contributed by atoms with Gasteiger partial charge in [0, 0.05) is 6.42 Å². The Labute approximate surface area is 443 Å². The molecule has 9 nitrogen and oxygen atoms in total. The Kier molecular flexibility index (Phi) is 49.4. The maximum atomic E-state index is 13.0. The number of hydrogen-bond donors (Lipinski definition) is 6. The van der Waals surface area contributed by atoms with Crippen molar-refractivity contribution in [1.29, 1.82) is 0 Å². The van der Waals surface area contributed by atoms with Crippen molar-refractivity contribution in [2.24, 2.45) is 0 Å². The Hall–Kier alpha value is -2.11. The average molecular weight is 1010 g/mol. The molecule has 1 amide bonds. The van der Waals surface area contributed by atoms with Gasteiger partial charge in [-0.05, 0) is 77.0 Å². The van der Waals surface area contributed by atoms with Crippen molar-refractivity contribution in [1.82, 2.24) is 5.32 Å². The molecule has 1 aliphatic rings. The molecule has 420 valence electrons. The van der Waals surface area contributed by atoms with E-state index < -0.39 is 49.5 Å². The number of allylic oxidation sites excluding steroid dienone is 9. The molecular weight excluding hydrogens is 899 g/mol. The van der Waals surface area contributed by atoms with Crippen LogP contribution in [0, 0.1) is 0 Å². The van der Waals surface area contributed by atoms with E-state index in [0.717, 1.165) is 70.6 Å². The minimum absolute atomic E-state index is 0.204. The Bertz CT molecular complexity index is 1310. The largest absolute Gasteiger partial charge is 0.394 e. The summed E-state index contributed by atoms with van der Waals surface area (Å²) < 4.78 is 11.2. The first-order valence-corrected chi connectivity index (χ1v) is 30.5. The van der Waals surface area contributed by atoms with Gasteiger partial charge in [-0.2, -0.15) is 0 Å². The molecule has 0 bridgehead atoms. The standard InChI is InChI=1S/C63H115NO8/c1-3-5-7-9-11-13-15-17-19-21-22-23-24-25-26-27-28-29-30-31-32-33-34-35-36-37-38-40-42-44-46-48-50-52-57(66)56(55-71-63-62(70)61(69)60(68)58(54-65)72-63)64-59(67)53-51-49-47-45-43-41-39-20-18-16-14-12-10-8-6-4-2/h14,16,20,36-37,39,42,44,50,52,56-58,60-63,65-66,68-70H,3-13,15,17-19,21-35,38,40-41,43,45-49,51,53-55H2,1-2H3,(H,64,67)/b16-14-,37-36+,39-20-,44-42+,52-50+. The van der Waals surface area contributed by atoms with Crippen LogP contribution < -0.4 is 5.32 Å². The zero-order valence-corrected chi connectivity index (χ0v) is 46.7. The molecular formula is C63H115NO8. The quantitative estimate of drug-likeness (QED) is 0.0261. The Balaban J connectivity index is 2.20. The molecule has 1 heterocycles. The van der Waals surface area contributed by atoms with E-state index in [-0.39, 0.29) is 12.5 Å². The average Bonchev–Trinajstić information content (AvgIpc) is 3.38. The van der Waals surface area contributed by atoms with Crippen LogP contribution in [0.5, 0.6) is 0 Å². The highest BCUT2D eigenvalue weighted by Gasteiger charge is 2.44. The van der Waals surface area contributed by atoms with Gasteiger partial charge in [-0.15, -0.1) is 0 Å². The van der Waals surface area contributed by atoms with Gasteiger partial charge in [-0.3, -0.25) is 4.79 Å². The summed E-state index contributed by atoms with van der Waals surface area (Å²) in [6.45, 7) is 3.75. The lowest BCUT2D eigenvalue weighted by atomic mass is 9.99. The zero-order chi connectivity index (χ0) is 52.2. The second-order valence-electron chi connectivity index (χ2n) is 21.1. The first-order chi connectivity index (χ1) is 35.3. The van der Waals surface area contributed by atoms with Crippen LogP contribution in [0.2, 0.25) is 0 Å². The molecule has 0 aromatic heterocycles. The first kappa shape index (κ1) is 67.9. The SMILES string of the molecule is CCCCCC/C=C\C/C=C\CCCCCCCC(=O)NC(COC1OC(CO)C(O)C(O)C1O)C(O)/C=C/CC/C=C/CC/C=C/CCCCCCCCCCCCCCCCCCCCCCCCC. The molecule has 1 saturated heterocycles. The second kappa shape index (κ2) is 52.3. The fourth-order valence-corrected chi connectivity index (χ4v) is 9.46. The number of ether oxygens (including phenoxy) is 2. The fraction of sp³-hybridized carbons (Fsp3) is 0.825. The molecule has 0 aromatic carbocycles. The van der Waals surface area contributed by atoms with Crippen molar-refractivity contribution in [2.45, 2.75) is 320 Å². The van der Waals surface area contributed by atoms with E-state index in [2.05, 4.69) is 67.8 Å². The highest BCUT2D eigenvalue weighted by atomic mass is 16.7. The lowest BCUT2D eigenvalue weighted by Crippen LogP contribution is -2.60. The van der Waals surface area contributed by atoms with Crippen molar-refractivity contribution >= 4 is 5.91 Å². The van der Waals surface area contributed by atoms with E-state index in [4.69, 9.17) is 9.47 Å². The number of hydrogen-bond acceptors (Lipinski definition) is 8. The molecule has 0 saturated carbocycles. The summed E-state index contributed by atoms with van der Waals surface area (Å²) in [4.78, 5) is 13.0.